The lowest BCUT2D eigenvalue weighted by atomic mass is 9.90. The first-order chi connectivity index (χ1) is 11.5. The van der Waals surface area contributed by atoms with Gasteiger partial charge in [-0.15, -0.1) is 24.8 Å². The van der Waals surface area contributed by atoms with Crippen molar-refractivity contribution in [2.75, 3.05) is 39.3 Å². The van der Waals surface area contributed by atoms with Crippen LogP contribution in [0.1, 0.15) is 31.7 Å². The van der Waals surface area contributed by atoms with Gasteiger partial charge in [0.05, 0.1) is 12.1 Å². The highest BCUT2D eigenvalue weighted by Gasteiger charge is 2.35. The molecule has 2 aliphatic heterocycles. The van der Waals surface area contributed by atoms with E-state index in [4.69, 9.17) is 0 Å². The summed E-state index contributed by atoms with van der Waals surface area (Å²) in [5.74, 6) is 1.75. The Balaban J connectivity index is 0.00000169. The van der Waals surface area contributed by atoms with Crippen molar-refractivity contribution in [1.29, 1.82) is 0 Å². The summed E-state index contributed by atoms with van der Waals surface area (Å²) in [6.07, 6.45) is 5.11. The Bertz CT molecular complexity index is 566. The molecule has 0 aromatic carbocycles. The zero-order chi connectivity index (χ0) is 17.1. The third kappa shape index (κ3) is 5.84. The number of aryl methyl sites for hydroxylation is 1. The number of nitrogens with zero attached hydrogens (tertiary/aromatic N) is 3. The van der Waals surface area contributed by atoms with Crippen LogP contribution in [0.15, 0.2) is 12.4 Å². The van der Waals surface area contributed by atoms with Crippen LogP contribution in [0.25, 0.3) is 0 Å². The Morgan fingerprint density at radius 2 is 2.15 bits per heavy atom. The van der Waals surface area contributed by atoms with Gasteiger partial charge in [0.1, 0.15) is 0 Å². The van der Waals surface area contributed by atoms with Crippen molar-refractivity contribution >= 4 is 30.7 Å². The minimum absolute atomic E-state index is 0. The van der Waals surface area contributed by atoms with Gasteiger partial charge in [0.15, 0.2) is 0 Å². The molecule has 1 aromatic heterocycles. The third-order valence-electron chi connectivity index (χ3n) is 5.26. The van der Waals surface area contributed by atoms with Gasteiger partial charge >= 0.3 is 0 Å². The minimum Gasteiger partial charge on any atom is -0.355 e. The van der Waals surface area contributed by atoms with E-state index in [0.29, 0.717) is 11.8 Å². The van der Waals surface area contributed by atoms with Crippen LogP contribution in [0, 0.1) is 17.8 Å². The minimum atomic E-state index is 0. The molecule has 150 valence electrons. The fraction of sp³-hybridized carbons (Fsp3) is 0.778. The number of hydrogen-bond donors (Lipinski definition) is 2. The van der Waals surface area contributed by atoms with Crippen molar-refractivity contribution in [2.45, 2.75) is 26.2 Å². The fourth-order valence-corrected chi connectivity index (χ4v) is 4.07. The van der Waals surface area contributed by atoms with Gasteiger partial charge in [0, 0.05) is 51.9 Å². The maximum atomic E-state index is 12.7. The van der Waals surface area contributed by atoms with Crippen LogP contribution in [0.2, 0.25) is 0 Å². The molecule has 3 heterocycles. The topological polar surface area (TPSA) is 62.2 Å². The first-order valence-corrected chi connectivity index (χ1v) is 9.22. The van der Waals surface area contributed by atoms with Crippen LogP contribution in [-0.4, -0.2) is 59.9 Å². The summed E-state index contributed by atoms with van der Waals surface area (Å²) in [7, 11) is 1.92. The molecule has 0 aliphatic carbocycles. The molecular weight excluding hydrogens is 373 g/mol. The summed E-state index contributed by atoms with van der Waals surface area (Å²) in [5, 5.41) is 10.8. The molecule has 6 nitrogen and oxygen atoms in total. The van der Waals surface area contributed by atoms with Gasteiger partial charge in [-0.25, -0.2) is 0 Å². The van der Waals surface area contributed by atoms with E-state index in [9.17, 15) is 4.79 Å². The molecule has 2 aliphatic rings. The molecule has 2 saturated heterocycles. The van der Waals surface area contributed by atoms with Crippen molar-refractivity contribution in [3.8, 4) is 0 Å². The maximum Gasteiger partial charge on any atom is 0.225 e. The summed E-state index contributed by atoms with van der Waals surface area (Å²) >= 11 is 0. The van der Waals surface area contributed by atoms with E-state index in [1.54, 1.807) is 0 Å². The summed E-state index contributed by atoms with van der Waals surface area (Å²) in [4.78, 5) is 15.2. The van der Waals surface area contributed by atoms with E-state index in [-0.39, 0.29) is 42.6 Å². The number of amides is 1. The number of carbonyl (C=O) groups is 1. The molecule has 2 fully saturated rings. The quantitative estimate of drug-likeness (QED) is 0.755. The highest BCUT2D eigenvalue weighted by molar-refractivity contribution is 5.85. The van der Waals surface area contributed by atoms with Gasteiger partial charge < -0.3 is 15.5 Å². The number of rotatable bonds is 6. The second-order valence-corrected chi connectivity index (χ2v) is 7.87. The number of nitrogens with one attached hydrogen (secondary N) is 2. The predicted molar refractivity (Wildman–Crippen MR) is 109 cm³/mol. The van der Waals surface area contributed by atoms with E-state index in [1.165, 1.54) is 19.5 Å². The molecule has 3 atom stereocenters. The van der Waals surface area contributed by atoms with Crippen molar-refractivity contribution in [3.63, 3.8) is 0 Å². The molecule has 0 bridgehead atoms. The third-order valence-corrected chi connectivity index (χ3v) is 5.26. The van der Waals surface area contributed by atoms with E-state index in [0.717, 1.165) is 31.7 Å². The fourth-order valence-electron chi connectivity index (χ4n) is 4.07. The lowest BCUT2D eigenvalue weighted by molar-refractivity contribution is -0.125. The van der Waals surface area contributed by atoms with Crippen molar-refractivity contribution < 1.29 is 4.79 Å². The molecule has 0 saturated carbocycles. The highest BCUT2D eigenvalue weighted by atomic mass is 35.5. The number of hydrogen-bond acceptors (Lipinski definition) is 4. The van der Waals surface area contributed by atoms with Crippen LogP contribution >= 0.6 is 24.8 Å². The molecule has 1 unspecified atom stereocenters. The number of carbonyl (C=O) groups excluding carboxylic acids is 1. The first-order valence-electron chi connectivity index (χ1n) is 9.22. The van der Waals surface area contributed by atoms with Crippen molar-refractivity contribution in [1.82, 2.24) is 25.3 Å². The largest absolute Gasteiger partial charge is 0.355 e. The van der Waals surface area contributed by atoms with Crippen LogP contribution in [0.4, 0.5) is 0 Å². The zero-order valence-electron chi connectivity index (χ0n) is 16.0. The van der Waals surface area contributed by atoms with Gasteiger partial charge in [-0.3, -0.25) is 9.48 Å². The van der Waals surface area contributed by atoms with Crippen LogP contribution < -0.4 is 10.6 Å². The van der Waals surface area contributed by atoms with E-state index in [2.05, 4.69) is 34.5 Å². The summed E-state index contributed by atoms with van der Waals surface area (Å²) in [5.41, 5.74) is 1.16. The van der Waals surface area contributed by atoms with E-state index in [1.807, 2.05) is 24.1 Å². The van der Waals surface area contributed by atoms with Crippen molar-refractivity contribution in [3.05, 3.63) is 18.0 Å². The lowest BCUT2D eigenvalue weighted by Crippen LogP contribution is -2.38. The molecule has 8 heteroatoms. The summed E-state index contributed by atoms with van der Waals surface area (Å²) in [6, 6.07) is 0. The SMILES string of the molecule is CC(C)CN1CCC(CNC(=O)[C@H]2CNC[C@@H]2c2cnn(C)c2)C1.Cl.Cl. The zero-order valence-corrected chi connectivity index (χ0v) is 17.6. The Morgan fingerprint density at radius 3 is 2.81 bits per heavy atom. The van der Waals surface area contributed by atoms with Gasteiger partial charge in [0.2, 0.25) is 5.91 Å². The second-order valence-electron chi connectivity index (χ2n) is 7.87. The second kappa shape index (κ2) is 10.5. The standard InChI is InChI=1S/C18H31N5O.2ClH/c1-13(2)10-23-5-4-14(11-23)6-20-18(24)17-9-19-8-16(17)15-7-21-22(3)12-15;;/h7,12-14,16-17,19H,4-6,8-11H2,1-3H3,(H,20,24);2*1H/t14?,16-,17+;;/m1../s1. The Kier molecular flexibility index (Phi) is 9.38. The number of likely N-dealkylation sites (tertiary alicyclic amines) is 1. The van der Waals surface area contributed by atoms with Crippen molar-refractivity contribution in [2.24, 2.45) is 24.8 Å². The highest BCUT2D eigenvalue weighted by Crippen LogP contribution is 2.28. The van der Waals surface area contributed by atoms with Crippen LogP contribution in [0.5, 0.6) is 0 Å². The van der Waals surface area contributed by atoms with Gasteiger partial charge in [0.25, 0.3) is 0 Å². The monoisotopic (exact) mass is 405 g/mol. The van der Waals surface area contributed by atoms with Crippen LogP contribution in [0.3, 0.4) is 0 Å². The van der Waals surface area contributed by atoms with Gasteiger partial charge in [-0.1, -0.05) is 13.8 Å². The molecule has 0 spiro atoms. The van der Waals surface area contributed by atoms with E-state index < -0.39 is 0 Å². The number of halogens is 2. The predicted octanol–water partition coefficient (Wildman–Crippen LogP) is 1.66. The first kappa shape index (κ1) is 23.2. The smallest absolute Gasteiger partial charge is 0.225 e. The Labute approximate surface area is 169 Å². The average Bonchev–Trinajstić information content (AvgIpc) is 3.24. The molecule has 1 amide bonds. The Morgan fingerprint density at radius 1 is 1.38 bits per heavy atom. The van der Waals surface area contributed by atoms with Gasteiger partial charge in [-0.2, -0.15) is 5.10 Å². The number of aromatic nitrogens is 2. The van der Waals surface area contributed by atoms with Crippen LogP contribution in [-0.2, 0) is 11.8 Å². The Hall–Kier alpha value is -0.820. The molecule has 2 N–H and O–H groups in total. The molecule has 1 aromatic rings. The lowest BCUT2D eigenvalue weighted by Gasteiger charge is -2.20. The normalized spacial score (nSPS) is 25.8. The summed E-state index contributed by atoms with van der Waals surface area (Å²) < 4.78 is 1.81. The van der Waals surface area contributed by atoms with E-state index >= 15 is 0 Å². The maximum absolute atomic E-state index is 12.7. The average molecular weight is 406 g/mol. The molecule has 0 radical (unpaired) electrons. The van der Waals surface area contributed by atoms with Gasteiger partial charge in [-0.05, 0) is 30.4 Å². The summed E-state index contributed by atoms with van der Waals surface area (Å²) in [6.45, 7) is 10.4. The molecule has 3 rings (SSSR count). The molecule has 26 heavy (non-hydrogen) atoms. The molecular formula is C18H33Cl2N5O.